The summed E-state index contributed by atoms with van der Waals surface area (Å²) in [5.41, 5.74) is 3.14. The largest absolute Gasteiger partial charge is 0.465 e. The number of rotatable bonds is 7. The van der Waals surface area contributed by atoms with Crippen molar-refractivity contribution in [2.45, 2.75) is 46.2 Å². The number of amides is 2. The molecule has 8 heteroatoms. The Morgan fingerprint density at radius 1 is 1.36 bits per heavy atom. The van der Waals surface area contributed by atoms with Crippen LogP contribution in [0.1, 0.15) is 34.9 Å². The van der Waals surface area contributed by atoms with Gasteiger partial charge in [-0.15, -0.1) is 0 Å². The van der Waals surface area contributed by atoms with Crippen LogP contribution in [0.4, 0.5) is 0 Å². The molecule has 3 rings (SSSR count). The SMILES string of the molecule is Cc1ccc(CN2CCNC(=O)C2CC(=O)N(C)CCc2c(C)n[nH]c2C)o1. The molecule has 0 radical (unpaired) electrons. The summed E-state index contributed by atoms with van der Waals surface area (Å²) in [6, 6.07) is 3.35. The van der Waals surface area contributed by atoms with E-state index in [4.69, 9.17) is 4.42 Å². The maximum Gasteiger partial charge on any atom is 0.237 e. The Kier molecular flexibility index (Phi) is 6.18. The lowest BCUT2D eigenvalue weighted by molar-refractivity contribution is -0.138. The number of aromatic amines is 1. The summed E-state index contributed by atoms with van der Waals surface area (Å²) in [7, 11) is 1.79. The van der Waals surface area contributed by atoms with E-state index >= 15 is 0 Å². The fourth-order valence-corrected chi connectivity index (χ4v) is 3.61. The number of piperazine rings is 1. The molecule has 3 heterocycles. The number of aromatic nitrogens is 2. The number of hydrogen-bond donors (Lipinski definition) is 2. The molecule has 0 aromatic carbocycles. The van der Waals surface area contributed by atoms with Crippen LogP contribution in [0, 0.1) is 20.8 Å². The Morgan fingerprint density at radius 2 is 2.14 bits per heavy atom. The van der Waals surface area contributed by atoms with E-state index in [0.717, 1.165) is 34.9 Å². The van der Waals surface area contributed by atoms with Crippen molar-refractivity contribution in [3.8, 4) is 0 Å². The molecule has 1 atom stereocenters. The van der Waals surface area contributed by atoms with Crippen molar-refractivity contribution in [1.29, 1.82) is 0 Å². The van der Waals surface area contributed by atoms with Crippen molar-refractivity contribution in [2.75, 3.05) is 26.7 Å². The van der Waals surface area contributed by atoms with Gasteiger partial charge in [0.2, 0.25) is 11.8 Å². The number of carbonyl (C=O) groups excluding carboxylic acids is 2. The number of carbonyl (C=O) groups is 2. The summed E-state index contributed by atoms with van der Waals surface area (Å²) in [5, 5.41) is 10.0. The van der Waals surface area contributed by atoms with Crippen LogP contribution in [-0.4, -0.2) is 64.5 Å². The molecule has 1 fully saturated rings. The monoisotopic (exact) mass is 387 g/mol. The van der Waals surface area contributed by atoms with Gasteiger partial charge in [-0.3, -0.25) is 19.6 Å². The van der Waals surface area contributed by atoms with Crippen LogP contribution in [0.25, 0.3) is 0 Å². The van der Waals surface area contributed by atoms with E-state index in [1.807, 2.05) is 37.8 Å². The van der Waals surface area contributed by atoms with E-state index in [1.54, 1.807) is 11.9 Å². The predicted molar refractivity (Wildman–Crippen MR) is 105 cm³/mol. The van der Waals surface area contributed by atoms with Crippen LogP contribution in [0.3, 0.4) is 0 Å². The quantitative estimate of drug-likeness (QED) is 0.747. The second kappa shape index (κ2) is 8.60. The van der Waals surface area contributed by atoms with E-state index in [-0.39, 0.29) is 18.2 Å². The zero-order chi connectivity index (χ0) is 20.3. The first-order chi connectivity index (χ1) is 13.3. The maximum atomic E-state index is 12.8. The van der Waals surface area contributed by atoms with E-state index < -0.39 is 6.04 Å². The highest BCUT2D eigenvalue weighted by Crippen LogP contribution is 2.17. The third-order valence-electron chi connectivity index (χ3n) is 5.37. The standard InChI is InChI=1S/C20H29N5O3/c1-13-5-6-16(28-13)12-25-10-8-21-20(27)18(25)11-19(26)24(4)9-7-17-14(2)22-23-15(17)3/h5-6,18H,7-12H2,1-4H3,(H,21,27)(H,22,23). The van der Waals surface area contributed by atoms with Gasteiger partial charge in [-0.05, 0) is 44.9 Å². The second-order valence-corrected chi connectivity index (χ2v) is 7.47. The molecule has 0 saturated carbocycles. The number of nitrogens with one attached hydrogen (secondary N) is 2. The molecule has 2 amide bonds. The molecule has 1 saturated heterocycles. The summed E-state index contributed by atoms with van der Waals surface area (Å²) in [5.74, 6) is 1.51. The first-order valence-corrected chi connectivity index (χ1v) is 9.66. The Labute approximate surface area is 165 Å². The van der Waals surface area contributed by atoms with E-state index in [1.165, 1.54) is 0 Å². The van der Waals surface area contributed by atoms with Crippen molar-refractivity contribution < 1.29 is 14.0 Å². The highest BCUT2D eigenvalue weighted by molar-refractivity contribution is 5.88. The Bertz CT molecular complexity index is 821. The third kappa shape index (κ3) is 4.62. The van der Waals surface area contributed by atoms with E-state index in [2.05, 4.69) is 15.5 Å². The average Bonchev–Trinajstić information content (AvgIpc) is 3.21. The first-order valence-electron chi connectivity index (χ1n) is 9.66. The lowest BCUT2D eigenvalue weighted by Gasteiger charge is -2.34. The number of hydrogen-bond acceptors (Lipinski definition) is 5. The Balaban J connectivity index is 1.59. The molecule has 152 valence electrons. The second-order valence-electron chi connectivity index (χ2n) is 7.47. The van der Waals surface area contributed by atoms with Gasteiger partial charge in [0, 0.05) is 32.4 Å². The highest BCUT2D eigenvalue weighted by atomic mass is 16.3. The van der Waals surface area contributed by atoms with Crippen molar-refractivity contribution in [2.24, 2.45) is 0 Å². The Hall–Kier alpha value is -2.61. The smallest absolute Gasteiger partial charge is 0.237 e. The zero-order valence-corrected chi connectivity index (χ0v) is 17.0. The summed E-state index contributed by atoms with van der Waals surface area (Å²) in [6.45, 7) is 8.23. The van der Waals surface area contributed by atoms with Gasteiger partial charge in [-0.25, -0.2) is 0 Å². The molecule has 1 unspecified atom stereocenters. The van der Waals surface area contributed by atoms with Crippen LogP contribution in [-0.2, 0) is 22.6 Å². The Morgan fingerprint density at radius 3 is 2.79 bits per heavy atom. The zero-order valence-electron chi connectivity index (χ0n) is 17.0. The lowest BCUT2D eigenvalue weighted by atomic mass is 10.1. The maximum absolute atomic E-state index is 12.8. The molecule has 0 spiro atoms. The first kappa shape index (κ1) is 20.1. The van der Waals surface area contributed by atoms with E-state index in [0.29, 0.717) is 26.2 Å². The van der Waals surface area contributed by atoms with E-state index in [9.17, 15) is 9.59 Å². The van der Waals surface area contributed by atoms with Crippen LogP contribution in [0.5, 0.6) is 0 Å². The number of aryl methyl sites for hydroxylation is 3. The molecule has 0 bridgehead atoms. The molecule has 2 N–H and O–H groups in total. The summed E-state index contributed by atoms with van der Waals surface area (Å²) in [4.78, 5) is 28.9. The third-order valence-corrected chi connectivity index (χ3v) is 5.37. The van der Waals surface area contributed by atoms with Crippen LogP contribution in [0.2, 0.25) is 0 Å². The summed E-state index contributed by atoms with van der Waals surface area (Å²) < 4.78 is 5.65. The van der Waals surface area contributed by atoms with Gasteiger partial charge in [0.05, 0.1) is 24.7 Å². The molecule has 28 heavy (non-hydrogen) atoms. The van der Waals surface area contributed by atoms with Gasteiger partial charge in [0.1, 0.15) is 11.5 Å². The van der Waals surface area contributed by atoms with Crippen molar-refractivity contribution >= 4 is 11.8 Å². The highest BCUT2D eigenvalue weighted by Gasteiger charge is 2.33. The molecule has 1 aliphatic heterocycles. The number of likely N-dealkylation sites (N-methyl/N-ethyl adjacent to an activating group) is 1. The molecule has 8 nitrogen and oxygen atoms in total. The van der Waals surface area contributed by atoms with Gasteiger partial charge < -0.3 is 14.6 Å². The van der Waals surface area contributed by atoms with Crippen LogP contribution in [0.15, 0.2) is 16.5 Å². The van der Waals surface area contributed by atoms with Crippen molar-refractivity contribution in [3.63, 3.8) is 0 Å². The lowest BCUT2D eigenvalue weighted by Crippen LogP contribution is -2.56. The summed E-state index contributed by atoms with van der Waals surface area (Å²) in [6.07, 6.45) is 0.897. The minimum atomic E-state index is -0.480. The van der Waals surface area contributed by atoms with Gasteiger partial charge in [0.15, 0.2) is 0 Å². The molecule has 0 aliphatic carbocycles. The molecule has 2 aromatic heterocycles. The number of nitrogens with zero attached hydrogens (tertiary/aromatic N) is 3. The van der Waals surface area contributed by atoms with Crippen LogP contribution >= 0.6 is 0 Å². The topological polar surface area (TPSA) is 94.5 Å². The van der Waals surface area contributed by atoms with Gasteiger partial charge >= 0.3 is 0 Å². The number of H-pyrrole nitrogens is 1. The fraction of sp³-hybridized carbons (Fsp3) is 0.550. The summed E-state index contributed by atoms with van der Waals surface area (Å²) >= 11 is 0. The minimum Gasteiger partial charge on any atom is -0.465 e. The predicted octanol–water partition coefficient (Wildman–Crippen LogP) is 1.32. The molecular weight excluding hydrogens is 358 g/mol. The average molecular weight is 387 g/mol. The van der Waals surface area contributed by atoms with Gasteiger partial charge in [0.25, 0.3) is 0 Å². The van der Waals surface area contributed by atoms with Crippen molar-refractivity contribution in [3.05, 3.63) is 40.6 Å². The van der Waals surface area contributed by atoms with Crippen molar-refractivity contribution in [1.82, 2.24) is 25.3 Å². The van der Waals surface area contributed by atoms with Gasteiger partial charge in [-0.1, -0.05) is 0 Å². The molecule has 2 aromatic rings. The molecular formula is C20H29N5O3. The molecule has 1 aliphatic rings. The minimum absolute atomic E-state index is 0.0403. The normalized spacial score (nSPS) is 17.6. The van der Waals surface area contributed by atoms with Crippen LogP contribution < -0.4 is 5.32 Å². The number of furan rings is 1. The fourth-order valence-electron chi connectivity index (χ4n) is 3.61. The van der Waals surface area contributed by atoms with Gasteiger partial charge in [-0.2, -0.15) is 5.10 Å².